The quantitative estimate of drug-likeness (QED) is 0.260. The van der Waals surface area contributed by atoms with Crippen molar-refractivity contribution in [2.24, 2.45) is 0 Å². The Labute approximate surface area is 222 Å². The summed E-state index contributed by atoms with van der Waals surface area (Å²) in [7, 11) is -2.73. The molecule has 0 saturated heterocycles. The minimum absolute atomic E-state index is 0.0282. The lowest BCUT2D eigenvalue weighted by Crippen LogP contribution is -2.23. The number of ether oxygens (including phenoxy) is 1. The highest BCUT2D eigenvalue weighted by Crippen LogP contribution is 2.44. The fraction of sp³-hybridized carbons (Fsp3) is 0.259. The summed E-state index contributed by atoms with van der Waals surface area (Å²) in [5.74, 6) is -3.66. The van der Waals surface area contributed by atoms with Gasteiger partial charge in [-0.05, 0) is 53.3 Å². The van der Waals surface area contributed by atoms with Crippen molar-refractivity contribution in [3.8, 4) is 16.3 Å². The van der Waals surface area contributed by atoms with Gasteiger partial charge in [-0.1, -0.05) is 36.4 Å². The third kappa shape index (κ3) is 5.08. The Bertz CT molecular complexity index is 1630. The highest BCUT2D eigenvalue weighted by Gasteiger charge is 2.35. The first kappa shape index (κ1) is 26.1. The molecule has 0 radical (unpaired) electrons. The second kappa shape index (κ2) is 9.95. The Morgan fingerprint density at radius 1 is 1.11 bits per heavy atom. The number of rotatable bonds is 7. The van der Waals surface area contributed by atoms with E-state index < -0.39 is 21.9 Å². The molecule has 2 N–H and O–H groups in total. The summed E-state index contributed by atoms with van der Waals surface area (Å²) in [6, 6.07) is 15.3. The number of carboxylic acids is 1. The van der Waals surface area contributed by atoms with Crippen LogP contribution in [0.25, 0.3) is 21.3 Å². The molecule has 198 valence electrons. The van der Waals surface area contributed by atoms with Crippen molar-refractivity contribution in [3.05, 3.63) is 71.9 Å². The third-order valence-corrected chi connectivity index (χ3v) is 9.64. The van der Waals surface area contributed by atoms with Crippen LogP contribution in [0.2, 0.25) is 0 Å². The number of alkyl halides is 2. The van der Waals surface area contributed by atoms with E-state index in [1.54, 1.807) is 0 Å². The molecule has 5 rings (SSSR count). The number of methoxy groups -OCH3 is 1. The maximum Gasteiger partial charge on any atom is 0.335 e. The Balaban J connectivity index is 1.46. The van der Waals surface area contributed by atoms with E-state index in [0.29, 0.717) is 17.8 Å². The Kier molecular flexibility index (Phi) is 6.83. The van der Waals surface area contributed by atoms with E-state index in [-0.39, 0.29) is 40.0 Å². The van der Waals surface area contributed by atoms with Crippen LogP contribution in [0.3, 0.4) is 0 Å². The van der Waals surface area contributed by atoms with Gasteiger partial charge in [0.15, 0.2) is 4.21 Å². The maximum absolute atomic E-state index is 13.7. The van der Waals surface area contributed by atoms with E-state index in [1.165, 1.54) is 31.5 Å². The zero-order valence-electron chi connectivity index (χ0n) is 20.3. The van der Waals surface area contributed by atoms with Gasteiger partial charge >= 0.3 is 5.97 Å². The highest BCUT2D eigenvalue weighted by atomic mass is 32.2. The lowest BCUT2D eigenvalue weighted by atomic mass is 9.80. The number of nitrogens with one attached hydrogen (secondary N) is 1. The van der Waals surface area contributed by atoms with Crippen LogP contribution in [-0.4, -0.2) is 37.5 Å². The molecule has 0 amide bonds. The molecule has 1 aliphatic carbocycles. The van der Waals surface area contributed by atoms with Gasteiger partial charge in [-0.3, -0.25) is 4.72 Å². The number of hydrogen-bond acceptors (Lipinski definition) is 6. The molecule has 0 aliphatic heterocycles. The number of fused-ring (bicyclic) bond motifs is 1. The molecule has 1 aromatic heterocycles. The molecular weight excluding hydrogens is 534 g/mol. The minimum atomic E-state index is -4.05. The van der Waals surface area contributed by atoms with Gasteiger partial charge < -0.3 is 9.84 Å². The smallest absolute Gasteiger partial charge is 0.335 e. The normalized spacial score (nSPS) is 15.9. The zero-order valence-corrected chi connectivity index (χ0v) is 21.9. The van der Waals surface area contributed by atoms with Crippen LogP contribution in [0.15, 0.2) is 65.0 Å². The number of halogens is 2. The van der Waals surface area contributed by atoms with Crippen molar-refractivity contribution in [2.45, 2.75) is 41.7 Å². The molecule has 1 fully saturated rings. The minimum Gasteiger partial charge on any atom is -0.495 e. The van der Waals surface area contributed by atoms with Gasteiger partial charge in [0, 0.05) is 18.4 Å². The SMILES string of the molecule is COc1cc(C(=O)O)ccc1NS(=O)(=O)c1cnc(-c2cccc3c(C4CCC(F)(F)CC4)cccc23)s1. The fourth-order valence-corrected chi connectivity index (χ4v) is 7.08. The van der Waals surface area contributed by atoms with E-state index in [4.69, 9.17) is 4.74 Å². The first-order valence-corrected chi connectivity index (χ1v) is 14.2. The van der Waals surface area contributed by atoms with Gasteiger partial charge in [-0.15, -0.1) is 11.3 Å². The van der Waals surface area contributed by atoms with Gasteiger partial charge in [-0.25, -0.2) is 27.0 Å². The molecule has 0 atom stereocenters. The largest absolute Gasteiger partial charge is 0.495 e. The molecule has 0 unspecified atom stereocenters. The first-order valence-electron chi connectivity index (χ1n) is 11.9. The topological polar surface area (TPSA) is 106 Å². The fourth-order valence-electron chi connectivity index (χ4n) is 4.84. The Morgan fingerprint density at radius 2 is 1.82 bits per heavy atom. The third-order valence-electron chi connectivity index (χ3n) is 6.79. The van der Waals surface area contributed by atoms with Crippen molar-refractivity contribution >= 4 is 43.8 Å². The van der Waals surface area contributed by atoms with Gasteiger partial charge in [0.1, 0.15) is 10.8 Å². The molecule has 3 aromatic carbocycles. The average Bonchev–Trinajstić information content (AvgIpc) is 3.39. The summed E-state index contributed by atoms with van der Waals surface area (Å²) >= 11 is 0.994. The van der Waals surface area contributed by atoms with E-state index in [1.807, 2.05) is 36.4 Å². The number of sulfonamides is 1. The van der Waals surface area contributed by atoms with Gasteiger partial charge in [0.05, 0.1) is 24.6 Å². The molecular formula is C27H24F2N2O5S2. The number of thiazole rings is 1. The van der Waals surface area contributed by atoms with Crippen molar-refractivity contribution in [1.29, 1.82) is 0 Å². The summed E-state index contributed by atoms with van der Waals surface area (Å²) in [6.45, 7) is 0. The number of aromatic nitrogens is 1. The van der Waals surface area contributed by atoms with Crippen molar-refractivity contribution in [1.82, 2.24) is 4.98 Å². The van der Waals surface area contributed by atoms with Crippen molar-refractivity contribution < 1.29 is 31.8 Å². The summed E-state index contributed by atoms with van der Waals surface area (Å²) in [6.07, 6.45) is 1.85. The lowest BCUT2D eigenvalue weighted by molar-refractivity contribution is -0.0381. The maximum atomic E-state index is 13.7. The summed E-state index contributed by atoms with van der Waals surface area (Å²) in [5.41, 5.74) is 1.82. The van der Waals surface area contributed by atoms with Crippen LogP contribution in [0, 0.1) is 0 Å². The summed E-state index contributed by atoms with van der Waals surface area (Å²) < 4.78 is 61.3. The standard InChI is InChI=1S/C27H24F2N2O5S2/c1-36-23-14-17(26(32)33)8-9-22(23)31-38(34,35)24-15-30-25(37-24)21-7-3-5-19-18(4-2-6-20(19)21)16-10-12-27(28,29)13-11-16/h2-9,14-16,31H,10-13H2,1H3,(H,32,33). The summed E-state index contributed by atoms with van der Waals surface area (Å²) in [4.78, 5) is 15.6. The molecule has 0 spiro atoms. The predicted octanol–water partition coefficient (Wildman–Crippen LogP) is 6.76. The van der Waals surface area contributed by atoms with Gasteiger partial charge in [-0.2, -0.15) is 0 Å². The summed E-state index contributed by atoms with van der Waals surface area (Å²) in [5, 5.41) is 11.5. The number of anilines is 1. The number of nitrogens with zero attached hydrogens (tertiary/aromatic N) is 1. The van der Waals surface area contributed by atoms with Crippen LogP contribution in [0.4, 0.5) is 14.5 Å². The van der Waals surface area contributed by atoms with E-state index in [9.17, 15) is 27.1 Å². The Hall–Kier alpha value is -3.57. The number of carboxylic acid groups (broad SMARTS) is 1. The zero-order chi connectivity index (χ0) is 27.1. The molecule has 38 heavy (non-hydrogen) atoms. The highest BCUT2D eigenvalue weighted by molar-refractivity contribution is 7.94. The van der Waals surface area contributed by atoms with E-state index in [0.717, 1.165) is 33.2 Å². The van der Waals surface area contributed by atoms with Gasteiger partial charge in [0.25, 0.3) is 10.0 Å². The Morgan fingerprint density at radius 3 is 2.53 bits per heavy atom. The second-order valence-electron chi connectivity index (χ2n) is 9.19. The van der Waals surface area contributed by atoms with E-state index >= 15 is 0 Å². The lowest BCUT2D eigenvalue weighted by Gasteiger charge is -2.29. The van der Waals surface area contributed by atoms with Crippen LogP contribution >= 0.6 is 11.3 Å². The molecule has 11 heteroatoms. The number of carbonyl (C=O) groups is 1. The number of hydrogen-bond donors (Lipinski definition) is 2. The van der Waals surface area contributed by atoms with Gasteiger partial charge in [0.2, 0.25) is 5.92 Å². The average molecular weight is 559 g/mol. The molecule has 4 aromatic rings. The van der Waals surface area contributed by atoms with Crippen LogP contribution < -0.4 is 9.46 Å². The predicted molar refractivity (Wildman–Crippen MR) is 142 cm³/mol. The van der Waals surface area contributed by atoms with Crippen molar-refractivity contribution in [2.75, 3.05) is 11.8 Å². The monoisotopic (exact) mass is 558 g/mol. The van der Waals surface area contributed by atoms with E-state index in [2.05, 4.69) is 9.71 Å². The molecule has 7 nitrogen and oxygen atoms in total. The second-order valence-corrected chi connectivity index (χ2v) is 12.1. The van der Waals surface area contributed by atoms with Crippen molar-refractivity contribution in [3.63, 3.8) is 0 Å². The van der Waals surface area contributed by atoms with Crippen LogP contribution in [-0.2, 0) is 10.0 Å². The molecule has 1 aliphatic rings. The molecule has 1 heterocycles. The number of aromatic carboxylic acids is 1. The molecule has 1 saturated carbocycles. The first-order chi connectivity index (χ1) is 18.1. The number of benzene rings is 3. The van der Waals surface area contributed by atoms with Crippen LogP contribution in [0.5, 0.6) is 5.75 Å². The van der Waals surface area contributed by atoms with Crippen LogP contribution in [0.1, 0.15) is 47.5 Å². The molecule has 0 bridgehead atoms.